The van der Waals surface area contributed by atoms with Crippen LogP contribution >= 0.6 is 11.8 Å². The quantitative estimate of drug-likeness (QED) is 0.657. The van der Waals surface area contributed by atoms with Gasteiger partial charge in [0.2, 0.25) is 5.91 Å². The summed E-state index contributed by atoms with van der Waals surface area (Å²) >= 11 is 1.50. The van der Waals surface area contributed by atoms with E-state index >= 15 is 0 Å². The molecule has 25 heavy (non-hydrogen) atoms. The van der Waals surface area contributed by atoms with Crippen molar-refractivity contribution < 1.29 is 9.59 Å². The Balaban J connectivity index is 1.73. The first kappa shape index (κ1) is 17.4. The molecule has 2 heterocycles. The van der Waals surface area contributed by atoms with Crippen LogP contribution in [-0.2, 0) is 11.2 Å². The summed E-state index contributed by atoms with van der Waals surface area (Å²) in [4.78, 5) is 40.5. The van der Waals surface area contributed by atoms with Gasteiger partial charge >= 0.3 is 0 Å². The minimum atomic E-state index is -0.207. The molecular weight excluding hydrogens is 338 g/mol. The summed E-state index contributed by atoms with van der Waals surface area (Å²) in [5, 5.41) is 3.48. The monoisotopic (exact) mass is 357 g/mol. The Kier molecular flexibility index (Phi) is 5.03. The van der Waals surface area contributed by atoms with Crippen molar-refractivity contribution in [3.8, 4) is 0 Å². The summed E-state index contributed by atoms with van der Waals surface area (Å²) < 4.78 is 1.61. The second-order valence-corrected chi connectivity index (χ2v) is 6.93. The van der Waals surface area contributed by atoms with Crippen LogP contribution in [0, 0.1) is 0 Å². The van der Waals surface area contributed by atoms with E-state index in [-0.39, 0.29) is 29.7 Å². The summed E-state index contributed by atoms with van der Waals surface area (Å²) in [6.07, 6.45) is 0.901. The van der Waals surface area contributed by atoms with Gasteiger partial charge in [0.05, 0.1) is 6.04 Å². The number of anilines is 1. The number of aryl methyl sites for hydroxylation is 1. The van der Waals surface area contributed by atoms with Crippen LogP contribution in [0.1, 0.15) is 42.4 Å². The van der Waals surface area contributed by atoms with E-state index in [1.807, 2.05) is 6.92 Å². The molecule has 1 amide bonds. The molecular formula is C18H19N3O3S. The molecule has 1 N–H and O–H groups in total. The Bertz CT molecular complexity index is 891. The Morgan fingerprint density at radius 3 is 2.88 bits per heavy atom. The number of aromatic nitrogens is 2. The molecule has 0 aliphatic carbocycles. The highest BCUT2D eigenvalue weighted by Crippen LogP contribution is 2.32. The maximum atomic E-state index is 12.4. The fourth-order valence-electron chi connectivity index (χ4n) is 2.77. The van der Waals surface area contributed by atoms with Crippen molar-refractivity contribution in [2.45, 2.75) is 37.9 Å². The lowest BCUT2D eigenvalue weighted by molar-refractivity contribution is -0.116. The number of hydrogen-bond donors (Lipinski definition) is 1. The molecule has 0 fully saturated rings. The molecule has 0 bridgehead atoms. The summed E-state index contributed by atoms with van der Waals surface area (Å²) in [5.74, 6) is 0.406. The number of Topliss-reactive ketones (excluding diaryl/α,β-unsaturated/α-hetero) is 1. The maximum Gasteiger partial charge on any atom is 0.254 e. The van der Waals surface area contributed by atoms with Gasteiger partial charge in [-0.1, -0.05) is 30.8 Å². The molecule has 1 aliphatic rings. The maximum absolute atomic E-state index is 12.4. The number of rotatable bonds is 5. The summed E-state index contributed by atoms with van der Waals surface area (Å²) in [6.45, 7) is 3.44. The number of fused-ring (bicyclic) bond motifs is 1. The number of carbonyl (C=O) groups excluding carboxylic acids is 2. The van der Waals surface area contributed by atoms with Crippen LogP contribution in [0.5, 0.6) is 0 Å². The fourth-order valence-corrected chi connectivity index (χ4v) is 3.94. The molecule has 1 aromatic heterocycles. The van der Waals surface area contributed by atoms with Crippen LogP contribution in [0.4, 0.5) is 5.69 Å². The third kappa shape index (κ3) is 3.82. The van der Waals surface area contributed by atoms with E-state index in [4.69, 9.17) is 0 Å². The van der Waals surface area contributed by atoms with E-state index in [0.717, 1.165) is 5.69 Å². The van der Waals surface area contributed by atoms with Crippen molar-refractivity contribution in [3.63, 3.8) is 0 Å². The number of benzene rings is 1. The van der Waals surface area contributed by atoms with Gasteiger partial charge < -0.3 is 5.32 Å². The first-order chi connectivity index (χ1) is 12.0. The van der Waals surface area contributed by atoms with Crippen LogP contribution in [0.25, 0.3) is 0 Å². The Hall–Kier alpha value is -2.41. The van der Waals surface area contributed by atoms with Gasteiger partial charge in [0.15, 0.2) is 10.9 Å². The highest BCUT2D eigenvalue weighted by molar-refractivity contribution is 7.99. The average molecular weight is 357 g/mol. The van der Waals surface area contributed by atoms with Crippen molar-refractivity contribution >= 4 is 29.1 Å². The molecule has 1 atom stereocenters. The van der Waals surface area contributed by atoms with E-state index in [0.29, 0.717) is 28.6 Å². The third-order valence-electron chi connectivity index (χ3n) is 4.08. The molecule has 7 heteroatoms. The molecule has 1 aromatic carbocycles. The zero-order chi connectivity index (χ0) is 18.0. The van der Waals surface area contributed by atoms with Crippen LogP contribution in [0.15, 0.2) is 40.3 Å². The summed E-state index contributed by atoms with van der Waals surface area (Å²) in [7, 11) is 0. The van der Waals surface area contributed by atoms with Gasteiger partial charge in [-0.25, -0.2) is 4.98 Å². The molecule has 1 aliphatic heterocycles. The van der Waals surface area contributed by atoms with Gasteiger partial charge in [0, 0.05) is 35.2 Å². The third-order valence-corrected chi connectivity index (χ3v) is 5.18. The molecule has 2 aromatic rings. The topological polar surface area (TPSA) is 81.1 Å². The molecule has 0 radical (unpaired) electrons. The Labute approximate surface area is 149 Å². The van der Waals surface area contributed by atoms with E-state index in [1.54, 1.807) is 28.8 Å². The molecule has 0 saturated carbocycles. The van der Waals surface area contributed by atoms with Crippen LogP contribution in [0.2, 0.25) is 0 Å². The summed E-state index contributed by atoms with van der Waals surface area (Å²) in [5.41, 5.74) is 1.79. The van der Waals surface area contributed by atoms with Gasteiger partial charge in [-0.2, -0.15) is 0 Å². The van der Waals surface area contributed by atoms with E-state index in [2.05, 4.69) is 10.3 Å². The van der Waals surface area contributed by atoms with Gasteiger partial charge in [0.1, 0.15) is 0 Å². The smallest absolute Gasteiger partial charge is 0.254 e. The SMILES string of the molecule is CCc1cc(=O)n2c(n1)SCC2CC(=O)Nc1cccc(C(C)=O)c1. The van der Waals surface area contributed by atoms with Crippen molar-refractivity contribution in [2.75, 3.05) is 11.1 Å². The van der Waals surface area contributed by atoms with Crippen molar-refractivity contribution in [3.05, 3.63) is 51.9 Å². The lowest BCUT2D eigenvalue weighted by atomic mass is 10.1. The Morgan fingerprint density at radius 1 is 1.36 bits per heavy atom. The summed E-state index contributed by atoms with van der Waals surface area (Å²) in [6, 6.07) is 8.16. The fraction of sp³-hybridized carbons (Fsp3) is 0.333. The minimum Gasteiger partial charge on any atom is -0.326 e. The van der Waals surface area contributed by atoms with Crippen molar-refractivity contribution in [1.82, 2.24) is 9.55 Å². The number of carbonyl (C=O) groups is 2. The zero-order valence-corrected chi connectivity index (χ0v) is 14.9. The lowest BCUT2D eigenvalue weighted by Crippen LogP contribution is -2.27. The molecule has 0 spiro atoms. The number of amides is 1. The standard InChI is InChI=1S/C18H19N3O3S/c1-3-13-8-17(24)21-15(10-25-18(21)20-13)9-16(23)19-14-6-4-5-12(7-14)11(2)22/h4-8,15H,3,9-10H2,1-2H3,(H,19,23). The minimum absolute atomic E-state index is 0.0541. The highest BCUT2D eigenvalue weighted by atomic mass is 32.2. The van der Waals surface area contributed by atoms with E-state index in [9.17, 15) is 14.4 Å². The number of nitrogens with one attached hydrogen (secondary N) is 1. The average Bonchev–Trinajstić information content (AvgIpc) is 2.98. The Morgan fingerprint density at radius 2 is 2.16 bits per heavy atom. The second kappa shape index (κ2) is 7.23. The molecule has 3 rings (SSSR count). The lowest BCUT2D eigenvalue weighted by Gasteiger charge is -2.13. The van der Waals surface area contributed by atoms with Crippen LogP contribution in [0.3, 0.4) is 0 Å². The highest BCUT2D eigenvalue weighted by Gasteiger charge is 2.27. The predicted octanol–water partition coefficient (Wildman–Crippen LogP) is 2.68. The largest absolute Gasteiger partial charge is 0.326 e. The normalized spacial score (nSPS) is 15.7. The second-order valence-electron chi connectivity index (χ2n) is 5.95. The predicted molar refractivity (Wildman–Crippen MR) is 97.3 cm³/mol. The van der Waals surface area contributed by atoms with Crippen LogP contribution < -0.4 is 10.9 Å². The van der Waals surface area contributed by atoms with Gasteiger partial charge in [-0.05, 0) is 25.5 Å². The molecule has 130 valence electrons. The van der Waals surface area contributed by atoms with Gasteiger partial charge in [-0.3, -0.25) is 19.0 Å². The first-order valence-electron chi connectivity index (χ1n) is 8.14. The number of thioether (sulfide) groups is 1. The zero-order valence-electron chi connectivity index (χ0n) is 14.1. The number of ketones is 1. The van der Waals surface area contributed by atoms with Crippen molar-refractivity contribution in [2.24, 2.45) is 0 Å². The van der Waals surface area contributed by atoms with E-state index < -0.39 is 0 Å². The van der Waals surface area contributed by atoms with Crippen molar-refractivity contribution in [1.29, 1.82) is 0 Å². The molecule has 0 saturated heterocycles. The number of hydrogen-bond acceptors (Lipinski definition) is 5. The van der Waals surface area contributed by atoms with E-state index in [1.165, 1.54) is 24.8 Å². The van der Waals surface area contributed by atoms with Gasteiger partial charge in [-0.15, -0.1) is 0 Å². The number of nitrogens with zero attached hydrogens (tertiary/aromatic N) is 2. The van der Waals surface area contributed by atoms with Crippen LogP contribution in [-0.4, -0.2) is 27.0 Å². The van der Waals surface area contributed by atoms with Gasteiger partial charge in [0.25, 0.3) is 5.56 Å². The first-order valence-corrected chi connectivity index (χ1v) is 9.12. The molecule has 1 unspecified atom stereocenters. The molecule has 6 nitrogen and oxygen atoms in total.